The zero-order valence-corrected chi connectivity index (χ0v) is 11.4. The van der Waals surface area contributed by atoms with Crippen LogP contribution in [-0.4, -0.2) is 51.2 Å². The molecule has 1 aliphatic rings. The van der Waals surface area contributed by atoms with Crippen molar-refractivity contribution in [2.45, 2.75) is 31.3 Å². The Morgan fingerprint density at radius 1 is 1.35 bits per heavy atom. The van der Waals surface area contributed by atoms with Gasteiger partial charge in [-0.1, -0.05) is 12.8 Å². The molecule has 0 aromatic carbocycles. The molecule has 0 spiro atoms. The van der Waals surface area contributed by atoms with Crippen LogP contribution in [0.25, 0.3) is 0 Å². The first kappa shape index (κ1) is 14.5. The van der Waals surface area contributed by atoms with Crippen LogP contribution in [0.3, 0.4) is 0 Å². The molecule has 1 saturated carbocycles. The van der Waals surface area contributed by atoms with Gasteiger partial charge >= 0.3 is 5.97 Å². The van der Waals surface area contributed by atoms with Gasteiger partial charge in [-0.15, -0.1) is 0 Å². The second-order valence-electron chi connectivity index (χ2n) is 5.33. The first-order chi connectivity index (χ1) is 9.41. The van der Waals surface area contributed by atoms with Crippen molar-refractivity contribution in [3.05, 3.63) is 29.6 Å². The van der Waals surface area contributed by atoms with Crippen molar-refractivity contribution in [2.24, 2.45) is 0 Å². The number of aliphatic hydroxyl groups is 1. The molecule has 1 aromatic rings. The zero-order valence-electron chi connectivity index (χ0n) is 11.4. The molecule has 1 fully saturated rings. The highest BCUT2D eigenvalue weighted by Crippen LogP contribution is 2.30. The third-order valence-electron chi connectivity index (χ3n) is 3.64. The molecule has 1 amide bonds. The van der Waals surface area contributed by atoms with Gasteiger partial charge in [-0.25, -0.2) is 4.79 Å². The molecule has 20 heavy (non-hydrogen) atoms. The number of carboxylic acid groups (broad SMARTS) is 1. The maximum atomic E-state index is 12.2. The molecule has 1 aliphatic carbocycles. The van der Waals surface area contributed by atoms with Crippen molar-refractivity contribution in [2.75, 3.05) is 13.6 Å². The second kappa shape index (κ2) is 5.58. The Morgan fingerprint density at radius 3 is 2.50 bits per heavy atom. The summed E-state index contributed by atoms with van der Waals surface area (Å²) in [5, 5.41) is 19.1. The van der Waals surface area contributed by atoms with Gasteiger partial charge in [0.25, 0.3) is 5.91 Å². The fourth-order valence-corrected chi connectivity index (χ4v) is 2.55. The van der Waals surface area contributed by atoms with Crippen LogP contribution in [0.5, 0.6) is 0 Å². The lowest BCUT2D eigenvalue weighted by atomic mass is 10.0. The number of carbonyl (C=O) groups is 2. The van der Waals surface area contributed by atoms with Gasteiger partial charge in [0, 0.05) is 19.8 Å². The molecule has 2 N–H and O–H groups in total. The van der Waals surface area contributed by atoms with Gasteiger partial charge < -0.3 is 15.1 Å². The third kappa shape index (κ3) is 3.14. The van der Waals surface area contributed by atoms with E-state index in [-0.39, 0.29) is 23.7 Å². The van der Waals surface area contributed by atoms with Gasteiger partial charge in [0.1, 0.15) is 5.69 Å². The summed E-state index contributed by atoms with van der Waals surface area (Å²) in [7, 11) is 1.62. The van der Waals surface area contributed by atoms with E-state index in [4.69, 9.17) is 5.11 Å². The summed E-state index contributed by atoms with van der Waals surface area (Å²) < 4.78 is 0. The lowest BCUT2D eigenvalue weighted by molar-refractivity contribution is 0.0155. The topological polar surface area (TPSA) is 90.7 Å². The van der Waals surface area contributed by atoms with Gasteiger partial charge in [-0.3, -0.25) is 9.78 Å². The van der Waals surface area contributed by atoms with Gasteiger partial charge in [0.2, 0.25) is 0 Å². The average Bonchev–Trinajstić information content (AvgIpc) is 2.84. The van der Waals surface area contributed by atoms with Gasteiger partial charge in [-0.05, 0) is 25.0 Å². The summed E-state index contributed by atoms with van der Waals surface area (Å²) in [4.78, 5) is 28.2. The van der Waals surface area contributed by atoms with Crippen molar-refractivity contribution in [1.29, 1.82) is 0 Å². The summed E-state index contributed by atoms with van der Waals surface area (Å²) in [6.45, 7) is 0.272. The first-order valence-corrected chi connectivity index (χ1v) is 6.58. The van der Waals surface area contributed by atoms with Crippen molar-refractivity contribution < 1.29 is 19.8 Å². The number of aromatic carboxylic acids is 1. The number of hydrogen-bond donors (Lipinski definition) is 2. The van der Waals surface area contributed by atoms with E-state index in [0.717, 1.165) is 19.0 Å². The Kier molecular flexibility index (Phi) is 4.04. The standard InChI is InChI=1S/C14H18N2O4/c1-16(9-14(20)6-2-3-7-14)12(17)11-5-4-10(8-15-11)13(18)19/h4-5,8,20H,2-3,6-7,9H2,1H3,(H,18,19). The number of hydrogen-bond acceptors (Lipinski definition) is 4. The Hall–Kier alpha value is -1.95. The summed E-state index contributed by atoms with van der Waals surface area (Å²) >= 11 is 0. The highest BCUT2D eigenvalue weighted by molar-refractivity contribution is 5.93. The van der Waals surface area contributed by atoms with Crippen LogP contribution in [0.2, 0.25) is 0 Å². The number of amides is 1. The summed E-state index contributed by atoms with van der Waals surface area (Å²) in [5.41, 5.74) is -0.580. The molecule has 0 unspecified atom stereocenters. The van der Waals surface area contributed by atoms with E-state index in [0.29, 0.717) is 12.8 Å². The van der Waals surface area contributed by atoms with Gasteiger partial charge in [0.05, 0.1) is 11.2 Å². The van der Waals surface area contributed by atoms with E-state index in [1.165, 1.54) is 17.0 Å². The molecule has 0 atom stereocenters. The Morgan fingerprint density at radius 2 is 2.00 bits per heavy atom. The lowest BCUT2D eigenvalue weighted by Gasteiger charge is -2.28. The molecule has 0 bridgehead atoms. The predicted molar refractivity (Wildman–Crippen MR) is 71.6 cm³/mol. The van der Waals surface area contributed by atoms with Crippen LogP contribution >= 0.6 is 0 Å². The Balaban J connectivity index is 2.04. The van der Waals surface area contributed by atoms with Crippen LogP contribution in [0.4, 0.5) is 0 Å². The predicted octanol–water partition coefficient (Wildman–Crippen LogP) is 1.16. The van der Waals surface area contributed by atoms with Gasteiger partial charge in [-0.2, -0.15) is 0 Å². The molecule has 6 heteroatoms. The van der Waals surface area contributed by atoms with Crippen molar-refractivity contribution in [3.63, 3.8) is 0 Å². The molecule has 0 saturated heterocycles. The fourth-order valence-electron chi connectivity index (χ4n) is 2.55. The molecule has 1 aromatic heterocycles. The SMILES string of the molecule is CN(CC1(O)CCCC1)C(=O)c1ccc(C(=O)O)cn1. The highest BCUT2D eigenvalue weighted by Gasteiger charge is 2.33. The summed E-state index contributed by atoms with van der Waals surface area (Å²) in [6.07, 6.45) is 4.52. The average molecular weight is 278 g/mol. The lowest BCUT2D eigenvalue weighted by Crippen LogP contribution is -2.42. The maximum absolute atomic E-state index is 12.2. The minimum Gasteiger partial charge on any atom is -0.478 e. The van der Waals surface area contributed by atoms with Crippen LogP contribution in [0, 0.1) is 0 Å². The summed E-state index contributed by atoms with van der Waals surface area (Å²) in [5.74, 6) is -1.40. The van der Waals surface area contributed by atoms with Crippen molar-refractivity contribution >= 4 is 11.9 Å². The van der Waals surface area contributed by atoms with Crippen LogP contribution in [-0.2, 0) is 0 Å². The maximum Gasteiger partial charge on any atom is 0.337 e. The number of carbonyl (C=O) groups excluding carboxylic acids is 1. The monoisotopic (exact) mass is 278 g/mol. The Labute approximate surface area is 117 Å². The Bertz CT molecular complexity index is 506. The molecular formula is C14H18N2O4. The number of likely N-dealkylation sites (N-methyl/N-ethyl adjacent to an activating group) is 1. The van der Waals surface area contributed by atoms with E-state index in [2.05, 4.69) is 4.98 Å². The molecule has 1 heterocycles. The number of rotatable bonds is 4. The summed E-state index contributed by atoms with van der Waals surface area (Å²) in [6, 6.07) is 2.74. The molecule has 2 rings (SSSR count). The second-order valence-corrected chi connectivity index (χ2v) is 5.33. The molecular weight excluding hydrogens is 260 g/mol. The smallest absolute Gasteiger partial charge is 0.337 e. The largest absolute Gasteiger partial charge is 0.478 e. The van der Waals surface area contributed by atoms with E-state index in [1.807, 2.05) is 0 Å². The highest BCUT2D eigenvalue weighted by atomic mass is 16.4. The number of nitrogens with zero attached hydrogens (tertiary/aromatic N) is 2. The first-order valence-electron chi connectivity index (χ1n) is 6.58. The van der Waals surface area contributed by atoms with E-state index >= 15 is 0 Å². The molecule has 6 nitrogen and oxygen atoms in total. The van der Waals surface area contributed by atoms with Crippen LogP contribution < -0.4 is 0 Å². The van der Waals surface area contributed by atoms with Crippen molar-refractivity contribution in [1.82, 2.24) is 9.88 Å². The minimum atomic E-state index is -1.08. The quantitative estimate of drug-likeness (QED) is 0.862. The van der Waals surface area contributed by atoms with E-state index in [1.54, 1.807) is 7.05 Å². The van der Waals surface area contributed by atoms with Crippen molar-refractivity contribution in [3.8, 4) is 0 Å². The number of carboxylic acids is 1. The molecule has 108 valence electrons. The molecule has 0 radical (unpaired) electrons. The zero-order chi connectivity index (χ0) is 14.8. The van der Waals surface area contributed by atoms with E-state index in [9.17, 15) is 14.7 Å². The van der Waals surface area contributed by atoms with Crippen LogP contribution in [0.1, 0.15) is 46.5 Å². The molecule has 0 aliphatic heterocycles. The normalized spacial score (nSPS) is 16.9. The van der Waals surface area contributed by atoms with Gasteiger partial charge in [0.15, 0.2) is 0 Å². The minimum absolute atomic E-state index is 0.0404. The number of aromatic nitrogens is 1. The third-order valence-corrected chi connectivity index (χ3v) is 3.64. The fraction of sp³-hybridized carbons (Fsp3) is 0.500. The van der Waals surface area contributed by atoms with E-state index < -0.39 is 11.6 Å². The number of pyridine rings is 1. The van der Waals surface area contributed by atoms with Crippen LogP contribution in [0.15, 0.2) is 18.3 Å².